The molecule has 0 saturated heterocycles. The first-order valence-corrected chi connectivity index (χ1v) is 5.14. The highest BCUT2D eigenvalue weighted by atomic mass is 16.3. The summed E-state index contributed by atoms with van der Waals surface area (Å²) in [7, 11) is 0. The molecule has 1 aliphatic carbocycles. The smallest absolute Gasteiger partial charge is 0.0752 e. The van der Waals surface area contributed by atoms with Gasteiger partial charge < -0.3 is 5.11 Å². The average molecular weight is 168 g/mol. The number of allylic oxidation sites excluding steroid dienone is 1. The van der Waals surface area contributed by atoms with E-state index in [1.54, 1.807) is 0 Å². The van der Waals surface area contributed by atoms with Crippen LogP contribution in [-0.4, -0.2) is 11.2 Å². The molecular formula is C11H20O. The van der Waals surface area contributed by atoms with Gasteiger partial charge in [-0.05, 0) is 30.8 Å². The van der Waals surface area contributed by atoms with Gasteiger partial charge in [-0.3, -0.25) is 0 Å². The average Bonchev–Trinajstić information content (AvgIpc) is 2.05. The standard InChI is InChI=1S/C11H20O/c1-3-5-9-6-7-10(4-2)11(12)8-9/h7,9,11-12H,3-6,8H2,1-2H3. The van der Waals surface area contributed by atoms with Crippen molar-refractivity contribution in [2.24, 2.45) is 5.92 Å². The van der Waals surface area contributed by atoms with Crippen LogP contribution in [0.2, 0.25) is 0 Å². The molecule has 70 valence electrons. The molecule has 1 rings (SSSR count). The maximum absolute atomic E-state index is 9.70. The van der Waals surface area contributed by atoms with Crippen molar-refractivity contribution in [2.45, 2.75) is 52.1 Å². The molecule has 0 aromatic heterocycles. The second kappa shape index (κ2) is 4.66. The van der Waals surface area contributed by atoms with Crippen LogP contribution in [0.4, 0.5) is 0 Å². The fourth-order valence-corrected chi connectivity index (χ4v) is 2.04. The lowest BCUT2D eigenvalue weighted by molar-refractivity contribution is 0.159. The maximum atomic E-state index is 9.70. The van der Waals surface area contributed by atoms with Gasteiger partial charge in [0.15, 0.2) is 0 Å². The third-order valence-corrected chi connectivity index (χ3v) is 2.80. The Morgan fingerprint density at radius 3 is 2.75 bits per heavy atom. The van der Waals surface area contributed by atoms with Crippen LogP contribution in [0, 0.1) is 5.92 Å². The van der Waals surface area contributed by atoms with Crippen LogP contribution in [0.5, 0.6) is 0 Å². The monoisotopic (exact) mass is 168 g/mol. The van der Waals surface area contributed by atoms with Gasteiger partial charge in [-0.1, -0.05) is 32.8 Å². The van der Waals surface area contributed by atoms with Gasteiger partial charge in [0.1, 0.15) is 0 Å². The van der Waals surface area contributed by atoms with Crippen molar-refractivity contribution in [3.8, 4) is 0 Å². The molecule has 0 saturated carbocycles. The van der Waals surface area contributed by atoms with E-state index in [0.717, 1.165) is 18.8 Å². The number of aliphatic hydroxyl groups excluding tert-OH is 1. The van der Waals surface area contributed by atoms with Crippen molar-refractivity contribution in [3.05, 3.63) is 11.6 Å². The minimum absolute atomic E-state index is 0.139. The van der Waals surface area contributed by atoms with Crippen LogP contribution in [0.3, 0.4) is 0 Å². The lowest BCUT2D eigenvalue weighted by atomic mass is 9.84. The van der Waals surface area contributed by atoms with Crippen molar-refractivity contribution in [2.75, 3.05) is 0 Å². The molecule has 0 heterocycles. The Labute approximate surface area is 75.5 Å². The molecule has 0 aromatic carbocycles. The molecule has 2 atom stereocenters. The summed E-state index contributed by atoms with van der Waals surface area (Å²) in [5.74, 6) is 0.736. The summed E-state index contributed by atoms with van der Waals surface area (Å²) in [6.45, 7) is 4.33. The van der Waals surface area contributed by atoms with Gasteiger partial charge in [0.2, 0.25) is 0 Å². The summed E-state index contributed by atoms with van der Waals surface area (Å²) < 4.78 is 0. The predicted octanol–water partition coefficient (Wildman–Crippen LogP) is 2.89. The molecule has 1 N–H and O–H groups in total. The molecule has 1 heteroatoms. The first-order chi connectivity index (χ1) is 5.77. The fraction of sp³-hybridized carbons (Fsp3) is 0.818. The molecular weight excluding hydrogens is 148 g/mol. The molecule has 0 aromatic rings. The van der Waals surface area contributed by atoms with E-state index < -0.39 is 0 Å². The summed E-state index contributed by atoms with van der Waals surface area (Å²) in [5.41, 5.74) is 1.25. The minimum Gasteiger partial charge on any atom is -0.389 e. The van der Waals surface area contributed by atoms with Gasteiger partial charge in [0.25, 0.3) is 0 Å². The molecule has 0 aliphatic heterocycles. The Balaban J connectivity index is 2.45. The Hall–Kier alpha value is -0.300. The molecule has 12 heavy (non-hydrogen) atoms. The summed E-state index contributed by atoms with van der Waals surface area (Å²) in [6, 6.07) is 0. The van der Waals surface area contributed by atoms with E-state index in [9.17, 15) is 5.11 Å². The highest BCUT2D eigenvalue weighted by Gasteiger charge is 2.20. The molecule has 0 bridgehead atoms. The lowest BCUT2D eigenvalue weighted by Gasteiger charge is -2.25. The second-order valence-corrected chi connectivity index (χ2v) is 3.77. The normalized spacial score (nSPS) is 30.1. The fourth-order valence-electron chi connectivity index (χ4n) is 2.04. The molecule has 0 fully saturated rings. The molecule has 0 radical (unpaired) electrons. The van der Waals surface area contributed by atoms with Crippen molar-refractivity contribution in [1.29, 1.82) is 0 Å². The Morgan fingerprint density at radius 2 is 2.25 bits per heavy atom. The first kappa shape index (κ1) is 9.79. The van der Waals surface area contributed by atoms with Gasteiger partial charge >= 0.3 is 0 Å². The second-order valence-electron chi connectivity index (χ2n) is 3.77. The van der Waals surface area contributed by atoms with Gasteiger partial charge in [0.05, 0.1) is 6.10 Å². The Kier molecular flexibility index (Phi) is 3.80. The van der Waals surface area contributed by atoms with Gasteiger partial charge in [-0.15, -0.1) is 0 Å². The van der Waals surface area contributed by atoms with E-state index in [-0.39, 0.29) is 6.10 Å². The summed E-state index contributed by atoms with van der Waals surface area (Å²) in [5, 5.41) is 9.70. The first-order valence-electron chi connectivity index (χ1n) is 5.14. The Bertz CT molecular complexity index is 160. The number of aliphatic hydroxyl groups is 1. The lowest BCUT2D eigenvalue weighted by Crippen LogP contribution is -2.20. The van der Waals surface area contributed by atoms with Crippen LogP contribution in [0.15, 0.2) is 11.6 Å². The van der Waals surface area contributed by atoms with Crippen molar-refractivity contribution < 1.29 is 5.11 Å². The zero-order valence-electron chi connectivity index (χ0n) is 8.21. The largest absolute Gasteiger partial charge is 0.389 e. The number of hydrogen-bond donors (Lipinski definition) is 1. The molecule has 1 nitrogen and oxygen atoms in total. The minimum atomic E-state index is -0.139. The molecule has 1 aliphatic rings. The third kappa shape index (κ3) is 2.34. The maximum Gasteiger partial charge on any atom is 0.0752 e. The van der Waals surface area contributed by atoms with Crippen molar-refractivity contribution in [1.82, 2.24) is 0 Å². The van der Waals surface area contributed by atoms with Crippen molar-refractivity contribution >= 4 is 0 Å². The zero-order chi connectivity index (χ0) is 8.97. The van der Waals surface area contributed by atoms with Crippen LogP contribution in [0.1, 0.15) is 46.0 Å². The summed E-state index contributed by atoms with van der Waals surface area (Å²) in [4.78, 5) is 0. The predicted molar refractivity (Wildman–Crippen MR) is 52.0 cm³/mol. The SMILES string of the molecule is CCCC1CC=C(CC)C(O)C1. The van der Waals surface area contributed by atoms with E-state index >= 15 is 0 Å². The van der Waals surface area contributed by atoms with Crippen LogP contribution in [0.25, 0.3) is 0 Å². The van der Waals surface area contributed by atoms with E-state index in [2.05, 4.69) is 19.9 Å². The van der Waals surface area contributed by atoms with Gasteiger partial charge in [-0.2, -0.15) is 0 Å². The van der Waals surface area contributed by atoms with Crippen LogP contribution >= 0.6 is 0 Å². The number of hydrogen-bond acceptors (Lipinski definition) is 1. The quantitative estimate of drug-likeness (QED) is 0.642. The molecule has 0 spiro atoms. The highest BCUT2D eigenvalue weighted by molar-refractivity contribution is 5.11. The number of rotatable bonds is 3. The third-order valence-electron chi connectivity index (χ3n) is 2.80. The van der Waals surface area contributed by atoms with E-state index in [1.165, 1.54) is 24.8 Å². The van der Waals surface area contributed by atoms with Crippen LogP contribution in [-0.2, 0) is 0 Å². The molecule has 2 unspecified atom stereocenters. The Morgan fingerprint density at radius 1 is 1.50 bits per heavy atom. The topological polar surface area (TPSA) is 20.2 Å². The summed E-state index contributed by atoms with van der Waals surface area (Å²) >= 11 is 0. The summed E-state index contributed by atoms with van der Waals surface area (Å²) in [6.07, 6.45) is 7.81. The van der Waals surface area contributed by atoms with Crippen molar-refractivity contribution in [3.63, 3.8) is 0 Å². The highest BCUT2D eigenvalue weighted by Crippen LogP contribution is 2.28. The van der Waals surface area contributed by atoms with Gasteiger partial charge in [0, 0.05) is 0 Å². The van der Waals surface area contributed by atoms with Gasteiger partial charge in [-0.25, -0.2) is 0 Å². The zero-order valence-corrected chi connectivity index (χ0v) is 8.21. The van der Waals surface area contributed by atoms with Crippen LogP contribution < -0.4 is 0 Å². The van der Waals surface area contributed by atoms with E-state index in [1.807, 2.05) is 0 Å². The van der Waals surface area contributed by atoms with E-state index in [4.69, 9.17) is 0 Å². The molecule has 0 amide bonds. The van der Waals surface area contributed by atoms with E-state index in [0.29, 0.717) is 0 Å².